The molecule has 19 heavy (non-hydrogen) atoms. The fourth-order valence-electron chi connectivity index (χ4n) is 2.37. The van der Waals surface area contributed by atoms with Gasteiger partial charge in [-0.2, -0.15) is 0 Å². The molecule has 1 rings (SSSR count). The first kappa shape index (κ1) is 16.0. The van der Waals surface area contributed by atoms with Crippen LogP contribution in [0.1, 0.15) is 46.5 Å². The molecule has 1 fully saturated rings. The summed E-state index contributed by atoms with van der Waals surface area (Å²) >= 11 is 0. The van der Waals surface area contributed by atoms with Crippen LogP contribution >= 0.6 is 0 Å². The van der Waals surface area contributed by atoms with Crippen LogP contribution in [0.5, 0.6) is 0 Å². The standard InChI is InChI=1S/C14H25NO4/c1-14(2,3)19-12(16)9-15-8-10-4-6-11(7-5-10)13(17)18/h10-11,15H,4-9H2,1-3H3,(H,17,18)/t10-,11-. The van der Waals surface area contributed by atoms with Crippen molar-refractivity contribution < 1.29 is 19.4 Å². The van der Waals surface area contributed by atoms with Gasteiger partial charge in [-0.05, 0) is 58.9 Å². The zero-order chi connectivity index (χ0) is 14.5. The largest absolute Gasteiger partial charge is 0.481 e. The predicted molar refractivity (Wildman–Crippen MR) is 71.8 cm³/mol. The molecular weight excluding hydrogens is 246 g/mol. The maximum Gasteiger partial charge on any atom is 0.320 e. The number of aliphatic carboxylic acids is 1. The average molecular weight is 271 g/mol. The highest BCUT2D eigenvalue weighted by atomic mass is 16.6. The van der Waals surface area contributed by atoms with Gasteiger partial charge < -0.3 is 15.2 Å². The number of hydrogen-bond donors (Lipinski definition) is 2. The van der Waals surface area contributed by atoms with Crippen molar-refractivity contribution in [2.75, 3.05) is 13.1 Å². The SMILES string of the molecule is CC(C)(C)OC(=O)CNC[C@H]1CC[C@H](C(=O)O)CC1. The summed E-state index contributed by atoms with van der Waals surface area (Å²) in [4.78, 5) is 22.3. The molecule has 0 radical (unpaired) electrons. The van der Waals surface area contributed by atoms with E-state index in [-0.39, 0.29) is 18.4 Å². The molecule has 0 atom stereocenters. The summed E-state index contributed by atoms with van der Waals surface area (Å²) in [5.74, 6) is -0.632. The lowest BCUT2D eigenvalue weighted by Crippen LogP contribution is -2.35. The molecule has 0 bridgehead atoms. The van der Waals surface area contributed by atoms with E-state index >= 15 is 0 Å². The molecule has 1 aliphatic rings. The van der Waals surface area contributed by atoms with Crippen LogP contribution in [0.4, 0.5) is 0 Å². The Balaban J connectivity index is 2.14. The third-order valence-corrected chi connectivity index (χ3v) is 3.32. The highest BCUT2D eigenvalue weighted by molar-refractivity contribution is 5.72. The van der Waals surface area contributed by atoms with Gasteiger partial charge in [0.05, 0.1) is 12.5 Å². The predicted octanol–water partition coefficient (Wildman–Crippen LogP) is 1.81. The Hall–Kier alpha value is -1.10. The van der Waals surface area contributed by atoms with Crippen molar-refractivity contribution in [1.82, 2.24) is 5.32 Å². The van der Waals surface area contributed by atoms with Gasteiger partial charge in [0.15, 0.2) is 0 Å². The van der Waals surface area contributed by atoms with Gasteiger partial charge in [0.25, 0.3) is 0 Å². The number of ether oxygens (including phenoxy) is 1. The van der Waals surface area contributed by atoms with Crippen molar-refractivity contribution in [3.05, 3.63) is 0 Å². The van der Waals surface area contributed by atoms with E-state index in [1.807, 2.05) is 20.8 Å². The summed E-state index contributed by atoms with van der Waals surface area (Å²) in [6, 6.07) is 0. The van der Waals surface area contributed by atoms with E-state index in [1.54, 1.807) is 0 Å². The summed E-state index contributed by atoms with van der Waals surface area (Å²) in [5.41, 5.74) is -0.446. The van der Waals surface area contributed by atoms with E-state index in [4.69, 9.17) is 9.84 Å². The molecule has 110 valence electrons. The number of esters is 1. The van der Waals surface area contributed by atoms with Gasteiger partial charge in [-0.25, -0.2) is 0 Å². The Bertz CT molecular complexity index is 314. The van der Waals surface area contributed by atoms with Crippen LogP contribution in [0, 0.1) is 11.8 Å². The molecule has 5 heteroatoms. The smallest absolute Gasteiger partial charge is 0.320 e. The van der Waals surface area contributed by atoms with Gasteiger partial charge in [-0.1, -0.05) is 0 Å². The summed E-state index contributed by atoms with van der Waals surface area (Å²) < 4.78 is 5.20. The Morgan fingerprint density at radius 3 is 2.26 bits per heavy atom. The quantitative estimate of drug-likeness (QED) is 0.746. The number of carbonyl (C=O) groups excluding carboxylic acids is 1. The van der Waals surface area contributed by atoms with E-state index in [9.17, 15) is 9.59 Å². The number of carboxylic acids is 1. The highest BCUT2D eigenvalue weighted by Gasteiger charge is 2.25. The molecule has 0 aromatic heterocycles. The van der Waals surface area contributed by atoms with Gasteiger partial charge in [0.1, 0.15) is 5.60 Å². The second kappa shape index (κ2) is 6.89. The lowest BCUT2D eigenvalue weighted by molar-refractivity contribution is -0.153. The zero-order valence-electron chi connectivity index (χ0n) is 12.1. The van der Waals surface area contributed by atoms with Crippen LogP contribution in [0.15, 0.2) is 0 Å². The average Bonchev–Trinajstić information content (AvgIpc) is 2.27. The number of rotatable bonds is 5. The summed E-state index contributed by atoms with van der Waals surface area (Å²) in [6.07, 6.45) is 3.32. The fourth-order valence-corrected chi connectivity index (χ4v) is 2.37. The minimum absolute atomic E-state index is 0.179. The Morgan fingerprint density at radius 1 is 1.21 bits per heavy atom. The monoisotopic (exact) mass is 271 g/mol. The maximum absolute atomic E-state index is 11.5. The second-order valence-electron chi connectivity index (χ2n) is 6.27. The van der Waals surface area contributed by atoms with Crippen molar-refractivity contribution in [2.45, 2.75) is 52.1 Å². The normalized spacial score (nSPS) is 23.9. The summed E-state index contributed by atoms with van der Waals surface area (Å²) in [6.45, 7) is 6.51. The molecule has 0 unspecified atom stereocenters. The van der Waals surface area contributed by atoms with Crippen molar-refractivity contribution in [3.63, 3.8) is 0 Å². The molecule has 0 aromatic rings. The van der Waals surface area contributed by atoms with E-state index in [0.717, 1.165) is 32.2 Å². The lowest BCUT2D eigenvalue weighted by atomic mass is 9.82. The number of nitrogens with one attached hydrogen (secondary N) is 1. The minimum atomic E-state index is -0.680. The highest BCUT2D eigenvalue weighted by Crippen LogP contribution is 2.28. The lowest BCUT2D eigenvalue weighted by Gasteiger charge is -2.26. The van der Waals surface area contributed by atoms with Crippen LogP contribution in [-0.4, -0.2) is 35.7 Å². The van der Waals surface area contributed by atoms with Gasteiger partial charge in [-0.15, -0.1) is 0 Å². The van der Waals surface area contributed by atoms with Crippen LogP contribution in [0.3, 0.4) is 0 Å². The van der Waals surface area contributed by atoms with Crippen LogP contribution in [-0.2, 0) is 14.3 Å². The first-order valence-corrected chi connectivity index (χ1v) is 6.93. The fraction of sp³-hybridized carbons (Fsp3) is 0.857. The van der Waals surface area contributed by atoms with Gasteiger partial charge >= 0.3 is 11.9 Å². The molecule has 0 spiro atoms. The molecule has 1 saturated carbocycles. The van der Waals surface area contributed by atoms with E-state index in [1.165, 1.54) is 0 Å². The van der Waals surface area contributed by atoms with Crippen LogP contribution in [0.25, 0.3) is 0 Å². The number of hydrogen-bond acceptors (Lipinski definition) is 4. The molecule has 5 nitrogen and oxygen atoms in total. The first-order chi connectivity index (χ1) is 8.78. The molecular formula is C14H25NO4. The summed E-state index contributed by atoms with van der Waals surface area (Å²) in [5, 5.41) is 12.0. The molecule has 0 heterocycles. The van der Waals surface area contributed by atoms with Crippen molar-refractivity contribution in [1.29, 1.82) is 0 Å². The van der Waals surface area contributed by atoms with Crippen molar-refractivity contribution in [3.8, 4) is 0 Å². The maximum atomic E-state index is 11.5. The second-order valence-corrected chi connectivity index (χ2v) is 6.27. The third-order valence-electron chi connectivity index (χ3n) is 3.32. The molecule has 0 amide bonds. The van der Waals surface area contributed by atoms with Gasteiger partial charge in [-0.3, -0.25) is 9.59 Å². The van der Waals surface area contributed by atoms with E-state index < -0.39 is 11.6 Å². The van der Waals surface area contributed by atoms with Gasteiger partial charge in [0.2, 0.25) is 0 Å². The Morgan fingerprint density at radius 2 is 1.79 bits per heavy atom. The van der Waals surface area contributed by atoms with Crippen LogP contribution < -0.4 is 5.32 Å². The number of carbonyl (C=O) groups is 2. The molecule has 0 saturated heterocycles. The summed E-state index contributed by atoms with van der Waals surface area (Å²) in [7, 11) is 0. The Kier molecular flexibility index (Phi) is 5.79. The third kappa shape index (κ3) is 6.57. The Labute approximate surface area is 114 Å². The topological polar surface area (TPSA) is 75.6 Å². The van der Waals surface area contributed by atoms with Crippen molar-refractivity contribution >= 4 is 11.9 Å². The van der Waals surface area contributed by atoms with E-state index in [0.29, 0.717) is 5.92 Å². The molecule has 1 aliphatic carbocycles. The zero-order valence-corrected chi connectivity index (χ0v) is 12.1. The minimum Gasteiger partial charge on any atom is -0.481 e. The van der Waals surface area contributed by atoms with Crippen LogP contribution in [0.2, 0.25) is 0 Å². The van der Waals surface area contributed by atoms with Gasteiger partial charge in [0, 0.05) is 0 Å². The van der Waals surface area contributed by atoms with E-state index in [2.05, 4.69) is 5.32 Å². The first-order valence-electron chi connectivity index (χ1n) is 6.93. The molecule has 0 aliphatic heterocycles. The molecule has 2 N–H and O–H groups in total. The number of carboxylic acid groups (broad SMARTS) is 1. The van der Waals surface area contributed by atoms with Crippen molar-refractivity contribution in [2.24, 2.45) is 11.8 Å². The molecule has 0 aromatic carbocycles.